The zero-order valence-electron chi connectivity index (χ0n) is 10.6. The lowest BCUT2D eigenvalue weighted by Gasteiger charge is -2.28. The molecule has 0 amide bonds. The van der Waals surface area contributed by atoms with Crippen molar-refractivity contribution in [2.75, 3.05) is 13.1 Å². The molecule has 7 heteroatoms. The minimum Gasteiger partial charge on any atom is -0.380 e. The van der Waals surface area contributed by atoms with Gasteiger partial charge < -0.3 is 14.9 Å². The Morgan fingerprint density at radius 1 is 1.35 bits per heavy atom. The second kappa shape index (κ2) is 5.23. The third-order valence-electron chi connectivity index (χ3n) is 3.43. The Balaban J connectivity index is 1.91. The Hall–Kier alpha value is -1.31. The number of aromatic nitrogens is 2. The highest BCUT2D eigenvalue weighted by atomic mass is 79.9. The molecule has 5 nitrogen and oxygen atoms in total. The van der Waals surface area contributed by atoms with Crippen molar-refractivity contribution in [3.05, 3.63) is 34.4 Å². The van der Waals surface area contributed by atoms with Crippen LogP contribution in [0.2, 0.25) is 0 Å². The van der Waals surface area contributed by atoms with Crippen LogP contribution in [0.4, 0.5) is 4.39 Å². The maximum Gasteiger partial charge on any atom is 0.259 e. The molecule has 20 heavy (non-hydrogen) atoms. The number of benzene rings is 1. The maximum atomic E-state index is 13.2. The third kappa shape index (κ3) is 2.48. The normalized spacial score (nSPS) is 18.1. The van der Waals surface area contributed by atoms with Crippen molar-refractivity contribution in [3.8, 4) is 11.4 Å². The minimum absolute atomic E-state index is 0.217. The van der Waals surface area contributed by atoms with Gasteiger partial charge in [-0.3, -0.25) is 0 Å². The predicted molar refractivity (Wildman–Crippen MR) is 73.4 cm³/mol. The van der Waals surface area contributed by atoms with Gasteiger partial charge in [-0.2, -0.15) is 4.98 Å². The summed E-state index contributed by atoms with van der Waals surface area (Å²) in [6.07, 6.45) is 1.06. The molecule has 1 aliphatic rings. The highest BCUT2D eigenvalue weighted by Gasteiger charge is 2.37. The molecule has 0 radical (unpaired) electrons. The van der Waals surface area contributed by atoms with Crippen molar-refractivity contribution < 1.29 is 14.0 Å². The van der Waals surface area contributed by atoms with Gasteiger partial charge in [0.05, 0.1) is 4.47 Å². The van der Waals surface area contributed by atoms with Gasteiger partial charge in [-0.05, 0) is 60.1 Å². The van der Waals surface area contributed by atoms with Crippen LogP contribution in [-0.2, 0) is 5.60 Å². The van der Waals surface area contributed by atoms with Crippen LogP contribution in [0.5, 0.6) is 0 Å². The molecular formula is C13H13BrFN3O2. The van der Waals surface area contributed by atoms with Crippen molar-refractivity contribution in [3.63, 3.8) is 0 Å². The average molecular weight is 342 g/mol. The highest BCUT2D eigenvalue weighted by molar-refractivity contribution is 9.10. The molecule has 0 aliphatic carbocycles. The second-order valence-corrected chi connectivity index (χ2v) is 5.69. The molecule has 1 aliphatic heterocycles. The van der Waals surface area contributed by atoms with Crippen LogP contribution in [0.1, 0.15) is 18.7 Å². The van der Waals surface area contributed by atoms with Gasteiger partial charge in [0.15, 0.2) is 0 Å². The van der Waals surface area contributed by atoms with Gasteiger partial charge in [0, 0.05) is 5.56 Å². The molecule has 3 rings (SSSR count). The van der Waals surface area contributed by atoms with Gasteiger partial charge in [0.1, 0.15) is 11.4 Å². The molecule has 1 aromatic heterocycles. The number of halogens is 2. The molecule has 0 bridgehead atoms. The van der Waals surface area contributed by atoms with E-state index in [-0.39, 0.29) is 11.7 Å². The standard InChI is InChI=1S/C13H13BrFN3O2/c14-9-7-8(1-2-10(9)15)11-17-12(20-18-11)13(19)3-5-16-6-4-13/h1-2,7,16,19H,3-6H2. The third-order valence-corrected chi connectivity index (χ3v) is 4.04. The summed E-state index contributed by atoms with van der Waals surface area (Å²) >= 11 is 3.12. The zero-order chi connectivity index (χ0) is 14.2. The topological polar surface area (TPSA) is 71.2 Å². The first-order valence-corrected chi connectivity index (χ1v) is 7.10. The summed E-state index contributed by atoms with van der Waals surface area (Å²) in [4.78, 5) is 4.25. The fraction of sp³-hybridized carbons (Fsp3) is 0.385. The largest absolute Gasteiger partial charge is 0.380 e. The number of hydrogen-bond acceptors (Lipinski definition) is 5. The molecule has 2 heterocycles. The summed E-state index contributed by atoms with van der Waals surface area (Å²) in [5.74, 6) is 0.205. The molecule has 1 saturated heterocycles. The van der Waals surface area contributed by atoms with Crippen molar-refractivity contribution in [1.29, 1.82) is 0 Å². The van der Waals surface area contributed by atoms with Crippen LogP contribution in [0, 0.1) is 5.82 Å². The lowest BCUT2D eigenvalue weighted by molar-refractivity contribution is -0.0228. The summed E-state index contributed by atoms with van der Waals surface area (Å²) in [6, 6.07) is 4.48. The molecule has 0 atom stereocenters. The van der Waals surface area contributed by atoms with E-state index in [0.717, 1.165) is 0 Å². The van der Waals surface area contributed by atoms with Gasteiger partial charge in [-0.25, -0.2) is 4.39 Å². The van der Waals surface area contributed by atoms with Crippen LogP contribution in [0.25, 0.3) is 11.4 Å². The highest BCUT2D eigenvalue weighted by Crippen LogP contribution is 2.31. The lowest BCUT2D eigenvalue weighted by atomic mass is 9.92. The minimum atomic E-state index is -1.08. The van der Waals surface area contributed by atoms with E-state index in [0.29, 0.717) is 41.8 Å². The number of nitrogens with one attached hydrogen (secondary N) is 1. The average Bonchev–Trinajstić information content (AvgIpc) is 2.93. The molecule has 0 saturated carbocycles. The van der Waals surface area contributed by atoms with Crippen molar-refractivity contribution in [2.24, 2.45) is 0 Å². The zero-order valence-corrected chi connectivity index (χ0v) is 12.2. The Kier molecular flexibility index (Phi) is 3.57. The van der Waals surface area contributed by atoms with E-state index in [4.69, 9.17) is 4.52 Å². The van der Waals surface area contributed by atoms with E-state index >= 15 is 0 Å². The fourth-order valence-electron chi connectivity index (χ4n) is 2.22. The first kappa shape index (κ1) is 13.7. The molecule has 106 valence electrons. The molecule has 2 N–H and O–H groups in total. The van der Waals surface area contributed by atoms with E-state index in [1.807, 2.05) is 0 Å². The van der Waals surface area contributed by atoms with Crippen molar-refractivity contribution in [1.82, 2.24) is 15.5 Å². The molecule has 1 fully saturated rings. The van der Waals surface area contributed by atoms with Crippen LogP contribution in [-0.4, -0.2) is 28.3 Å². The summed E-state index contributed by atoms with van der Waals surface area (Å²) in [7, 11) is 0. The Morgan fingerprint density at radius 3 is 2.80 bits per heavy atom. The van der Waals surface area contributed by atoms with E-state index in [1.165, 1.54) is 6.07 Å². The van der Waals surface area contributed by atoms with E-state index in [1.54, 1.807) is 12.1 Å². The molecular weight excluding hydrogens is 329 g/mol. The molecule has 2 aromatic rings. The maximum absolute atomic E-state index is 13.2. The van der Waals surface area contributed by atoms with Crippen LogP contribution < -0.4 is 5.32 Å². The van der Waals surface area contributed by atoms with Gasteiger partial charge >= 0.3 is 0 Å². The summed E-state index contributed by atoms with van der Waals surface area (Å²) < 4.78 is 18.7. The summed E-state index contributed by atoms with van der Waals surface area (Å²) in [6.45, 7) is 1.41. The van der Waals surface area contributed by atoms with Gasteiger partial charge in [0.25, 0.3) is 5.89 Å². The Morgan fingerprint density at radius 2 is 2.10 bits per heavy atom. The first-order chi connectivity index (χ1) is 9.58. The van der Waals surface area contributed by atoms with E-state index in [9.17, 15) is 9.50 Å². The summed E-state index contributed by atoms with van der Waals surface area (Å²) in [5, 5.41) is 17.5. The number of piperidine rings is 1. The van der Waals surface area contributed by atoms with Crippen LogP contribution >= 0.6 is 15.9 Å². The molecule has 0 spiro atoms. The van der Waals surface area contributed by atoms with E-state index < -0.39 is 5.60 Å². The lowest BCUT2D eigenvalue weighted by Crippen LogP contribution is -2.39. The number of aliphatic hydroxyl groups is 1. The van der Waals surface area contributed by atoms with Gasteiger partial charge in [-0.15, -0.1) is 0 Å². The van der Waals surface area contributed by atoms with Gasteiger partial charge in [0.2, 0.25) is 5.82 Å². The second-order valence-electron chi connectivity index (χ2n) is 4.83. The first-order valence-electron chi connectivity index (χ1n) is 6.31. The Bertz CT molecular complexity index is 626. The van der Waals surface area contributed by atoms with Crippen LogP contribution in [0.3, 0.4) is 0 Å². The quantitative estimate of drug-likeness (QED) is 0.876. The predicted octanol–water partition coefficient (Wildman–Crippen LogP) is 2.21. The fourth-order valence-corrected chi connectivity index (χ4v) is 2.60. The van der Waals surface area contributed by atoms with E-state index in [2.05, 4.69) is 31.4 Å². The summed E-state index contributed by atoms with van der Waals surface area (Å²) in [5.41, 5.74) is -0.445. The number of nitrogens with zero attached hydrogens (tertiary/aromatic N) is 2. The Labute approximate surface area is 123 Å². The van der Waals surface area contributed by atoms with Gasteiger partial charge in [-0.1, -0.05) is 5.16 Å². The van der Waals surface area contributed by atoms with Crippen molar-refractivity contribution >= 4 is 15.9 Å². The monoisotopic (exact) mass is 341 g/mol. The number of hydrogen-bond donors (Lipinski definition) is 2. The molecule has 0 unspecified atom stereocenters. The smallest absolute Gasteiger partial charge is 0.259 e. The van der Waals surface area contributed by atoms with Crippen molar-refractivity contribution in [2.45, 2.75) is 18.4 Å². The number of rotatable bonds is 2. The van der Waals surface area contributed by atoms with Crippen LogP contribution in [0.15, 0.2) is 27.2 Å². The molecule has 1 aromatic carbocycles. The SMILES string of the molecule is OC1(c2nc(-c3ccc(F)c(Br)c3)no2)CCNCC1.